The smallest absolute Gasteiger partial charge is 0.364 e. The number of unbranched alkanes of at least 4 members (excludes halogenated alkanes) is 2. The Kier molecular flexibility index (Phi) is 14.2. The highest BCUT2D eigenvalue weighted by Gasteiger charge is 2.42. The molecule has 2 fully saturated rings. The maximum atomic E-state index is 12.4. The van der Waals surface area contributed by atoms with Crippen molar-refractivity contribution in [1.82, 2.24) is 0 Å². The van der Waals surface area contributed by atoms with Crippen molar-refractivity contribution < 1.29 is 47.1 Å². The monoisotopic (exact) mass is 556 g/mol. The third-order valence-electron chi connectivity index (χ3n) is 8.38. The number of rotatable bonds is 16. The third kappa shape index (κ3) is 10.7. The summed E-state index contributed by atoms with van der Waals surface area (Å²) in [6.07, 6.45) is 8.43. The maximum absolute atomic E-state index is 12.4. The van der Waals surface area contributed by atoms with Gasteiger partial charge in [0.15, 0.2) is 12.1 Å². The molecule has 2 aliphatic rings. The number of quaternary nitrogens is 2. The molecule has 2 rings (SSSR count). The summed E-state index contributed by atoms with van der Waals surface area (Å²) < 4.78 is 22.4. The molecule has 0 amide bonds. The second-order valence-electron chi connectivity index (χ2n) is 11.4. The lowest BCUT2D eigenvalue weighted by Crippen LogP contribution is -2.59. The van der Waals surface area contributed by atoms with E-state index in [1.54, 1.807) is 0 Å². The molecule has 2 heterocycles. The van der Waals surface area contributed by atoms with Crippen LogP contribution in [0.3, 0.4) is 0 Å². The molecule has 0 N–H and O–H groups in total. The van der Waals surface area contributed by atoms with Crippen LogP contribution in [-0.2, 0) is 38.1 Å². The van der Waals surface area contributed by atoms with Gasteiger partial charge in [0.25, 0.3) is 0 Å². The van der Waals surface area contributed by atoms with Crippen molar-refractivity contribution in [3.05, 3.63) is 0 Å². The van der Waals surface area contributed by atoms with Crippen LogP contribution in [0.2, 0.25) is 0 Å². The molecule has 10 heteroatoms. The van der Waals surface area contributed by atoms with Gasteiger partial charge in [-0.1, -0.05) is 0 Å². The summed E-state index contributed by atoms with van der Waals surface area (Å²) >= 11 is 0. The van der Waals surface area contributed by atoms with E-state index in [1.165, 1.54) is 0 Å². The Hall–Kier alpha value is -2.20. The summed E-state index contributed by atoms with van der Waals surface area (Å²) in [6.45, 7) is 7.89. The summed E-state index contributed by atoms with van der Waals surface area (Å²) in [5, 5.41) is 0. The van der Waals surface area contributed by atoms with Crippen LogP contribution in [0.15, 0.2) is 0 Å². The molecule has 0 saturated carbocycles. The van der Waals surface area contributed by atoms with Gasteiger partial charge in [0.05, 0.1) is 79.5 Å². The van der Waals surface area contributed by atoms with E-state index in [4.69, 9.17) is 18.9 Å². The maximum Gasteiger partial charge on any atom is 0.364 e. The van der Waals surface area contributed by atoms with Gasteiger partial charge >= 0.3 is 23.9 Å². The van der Waals surface area contributed by atoms with Crippen LogP contribution < -0.4 is 0 Å². The van der Waals surface area contributed by atoms with E-state index in [0.717, 1.165) is 58.0 Å². The highest BCUT2D eigenvalue weighted by molar-refractivity contribution is 5.75. The first-order valence-electron chi connectivity index (χ1n) is 15.0. The first-order chi connectivity index (χ1) is 18.6. The predicted octanol–water partition coefficient (Wildman–Crippen LogP) is 3.15. The lowest BCUT2D eigenvalue weighted by Gasteiger charge is -2.43. The van der Waals surface area contributed by atoms with Crippen LogP contribution in [-0.4, -0.2) is 112 Å². The minimum absolute atomic E-state index is 0.170. The average molecular weight is 557 g/mol. The fourth-order valence-electron chi connectivity index (χ4n) is 5.90. The van der Waals surface area contributed by atoms with Crippen LogP contribution in [0.1, 0.15) is 84.5 Å². The van der Waals surface area contributed by atoms with Crippen molar-refractivity contribution in [3.63, 3.8) is 0 Å². The van der Waals surface area contributed by atoms with E-state index in [0.29, 0.717) is 61.3 Å². The highest BCUT2D eigenvalue weighted by atomic mass is 16.5. The zero-order chi connectivity index (χ0) is 28.7. The predicted molar refractivity (Wildman–Crippen MR) is 145 cm³/mol. The van der Waals surface area contributed by atoms with Crippen LogP contribution >= 0.6 is 0 Å². The quantitative estimate of drug-likeness (QED) is 0.124. The SMILES string of the molecule is CCOC(=O)C1CCCC[N+]1(C)CCC(=O)OCCCCCOC(=O)CC[N+]1(C)CCCCC1C(=O)OCC. The van der Waals surface area contributed by atoms with Gasteiger partial charge in [0.2, 0.25) is 0 Å². The topological polar surface area (TPSA) is 105 Å². The lowest BCUT2D eigenvalue weighted by molar-refractivity contribution is -0.929. The van der Waals surface area contributed by atoms with Crippen molar-refractivity contribution in [3.8, 4) is 0 Å². The first kappa shape index (κ1) is 33.0. The van der Waals surface area contributed by atoms with Crippen molar-refractivity contribution in [2.75, 3.05) is 66.7 Å². The average Bonchev–Trinajstić information content (AvgIpc) is 2.91. The van der Waals surface area contributed by atoms with Crippen molar-refractivity contribution in [2.45, 2.75) is 96.6 Å². The van der Waals surface area contributed by atoms with Gasteiger partial charge in [0, 0.05) is 12.8 Å². The Morgan fingerprint density at radius 1 is 0.615 bits per heavy atom. The van der Waals surface area contributed by atoms with Crippen LogP contribution in [0, 0.1) is 0 Å². The summed E-state index contributed by atoms with van der Waals surface area (Å²) in [5.41, 5.74) is 0. The normalized spacial score (nSPS) is 26.9. The molecule has 0 aromatic rings. The summed E-state index contributed by atoms with van der Waals surface area (Å²) in [6, 6.07) is -0.421. The molecule has 0 aliphatic carbocycles. The summed E-state index contributed by atoms with van der Waals surface area (Å²) in [4.78, 5) is 49.3. The highest BCUT2D eigenvalue weighted by Crippen LogP contribution is 2.26. The van der Waals surface area contributed by atoms with E-state index in [9.17, 15) is 19.2 Å². The van der Waals surface area contributed by atoms with Gasteiger partial charge in [-0.15, -0.1) is 0 Å². The molecular weight excluding hydrogens is 504 g/mol. The van der Waals surface area contributed by atoms with Crippen LogP contribution in [0.25, 0.3) is 0 Å². The molecule has 39 heavy (non-hydrogen) atoms. The number of esters is 4. The number of hydrogen-bond acceptors (Lipinski definition) is 8. The molecule has 0 radical (unpaired) electrons. The van der Waals surface area contributed by atoms with Gasteiger partial charge in [-0.25, -0.2) is 9.59 Å². The van der Waals surface area contributed by atoms with E-state index in [2.05, 4.69) is 0 Å². The molecule has 2 saturated heterocycles. The van der Waals surface area contributed by atoms with Crippen molar-refractivity contribution in [1.29, 1.82) is 0 Å². The molecule has 0 aromatic heterocycles. The Bertz CT molecular complexity index is 742. The third-order valence-corrected chi connectivity index (χ3v) is 8.38. The van der Waals surface area contributed by atoms with Gasteiger partial charge in [0.1, 0.15) is 0 Å². The lowest BCUT2D eigenvalue weighted by atomic mass is 9.98. The second-order valence-corrected chi connectivity index (χ2v) is 11.4. The van der Waals surface area contributed by atoms with E-state index < -0.39 is 0 Å². The van der Waals surface area contributed by atoms with E-state index >= 15 is 0 Å². The van der Waals surface area contributed by atoms with E-state index in [1.807, 2.05) is 27.9 Å². The number of carbonyl (C=O) groups excluding carboxylic acids is 4. The van der Waals surface area contributed by atoms with E-state index in [-0.39, 0.29) is 48.8 Å². The Morgan fingerprint density at radius 2 is 1.03 bits per heavy atom. The molecule has 2 aliphatic heterocycles. The zero-order valence-electron chi connectivity index (χ0n) is 24.8. The number of hydrogen-bond donors (Lipinski definition) is 0. The zero-order valence-corrected chi connectivity index (χ0v) is 24.8. The summed E-state index contributed by atoms with van der Waals surface area (Å²) in [5.74, 6) is -0.831. The van der Waals surface area contributed by atoms with Crippen molar-refractivity contribution in [2.24, 2.45) is 0 Å². The fourth-order valence-corrected chi connectivity index (χ4v) is 5.90. The van der Waals surface area contributed by atoms with Crippen molar-refractivity contribution >= 4 is 23.9 Å². The molecule has 0 spiro atoms. The molecule has 224 valence electrons. The van der Waals surface area contributed by atoms with Crippen LogP contribution in [0.4, 0.5) is 0 Å². The molecule has 0 aromatic carbocycles. The largest absolute Gasteiger partial charge is 0.466 e. The minimum Gasteiger partial charge on any atom is -0.466 e. The van der Waals surface area contributed by atoms with Gasteiger partial charge < -0.3 is 27.9 Å². The van der Waals surface area contributed by atoms with Gasteiger partial charge in [-0.05, 0) is 58.8 Å². The first-order valence-corrected chi connectivity index (χ1v) is 15.0. The van der Waals surface area contributed by atoms with Gasteiger partial charge in [-0.2, -0.15) is 0 Å². The molecule has 4 atom stereocenters. The number of likely N-dealkylation sites (N-methyl/N-ethyl adjacent to an activating group) is 2. The Morgan fingerprint density at radius 3 is 1.41 bits per heavy atom. The number of piperidine rings is 2. The molecule has 4 unspecified atom stereocenters. The number of carbonyl (C=O) groups is 4. The van der Waals surface area contributed by atoms with Crippen LogP contribution in [0.5, 0.6) is 0 Å². The number of nitrogens with zero attached hydrogens (tertiary/aromatic N) is 2. The molecule has 10 nitrogen and oxygen atoms in total. The summed E-state index contributed by atoms with van der Waals surface area (Å²) in [7, 11) is 4.06. The Labute approximate surface area is 234 Å². The fraction of sp³-hybridized carbons (Fsp3) is 0.862. The standard InChI is InChI=1S/C29H52N2O8/c1-5-36-28(34)24-14-8-10-18-30(24,3)20-16-26(32)38-22-12-7-13-23-39-27(33)17-21-31(4)19-11-9-15-25(31)29(35)37-6-2/h24-25H,5-23H2,1-4H3/q+2. The molecule has 0 bridgehead atoms. The number of ether oxygens (including phenoxy) is 4. The minimum atomic E-state index is -0.246. The second kappa shape index (κ2) is 16.8. The Balaban J connectivity index is 1.58. The van der Waals surface area contributed by atoms with Gasteiger partial charge in [-0.3, -0.25) is 9.59 Å². The molecular formula is C29H52N2O8+2. The number of likely N-dealkylation sites (tertiary alicyclic amines) is 2.